The second-order valence-corrected chi connectivity index (χ2v) is 11.3. The molecule has 12 heteroatoms. The molecule has 35 heavy (non-hydrogen) atoms. The molecule has 0 radical (unpaired) electrons. The Hall–Kier alpha value is -2.50. The number of piperidine rings is 1. The van der Waals surface area contributed by atoms with E-state index in [2.05, 4.69) is 9.46 Å². The summed E-state index contributed by atoms with van der Waals surface area (Å²) in [5.41, 5.74) is -1.11. The van der Waals surface area contributed by atoms with E-state index in [1.165, 1.54) is 4.90 Å². The second kappa shape index (κ2) is 9.87. The van der Waals surface area contributed by atoms with Gasteiger partial charge in [-0.2, -0.15) is 0 Å². The number of nitrogens with one attached hydrogen (secondary N) is 1. The Morgan fingerprint density at radius 3 is 2.03 bits per heavy atom. The van der Waals surface area contributed by atoms with Gasteiger partial charge in [0.25, 0.3) is 0 Å². The fraction of sp³-hybridized carbons (Fsp3) is 0.435. The van der Waals surface area contributed by atoms with Gasteiger partial charge in [0.05, 0.1) is 10.4 Å². The van der Waals surface area contributed by atoms with E-state index in [0.29, 0.717) is 10.6 Å². The summed E-state index contributed by atoms with van der Waals surface area (Å²) < 4.78 is 75.7. The van der Waals surface area contributed by atoms with Crippen molar-refractivity contribution in [1.82, 2.24) is 9.62 Å². The largest absolute Gasteiger partial charge is 0.573 e. The zero-order valence-electron chi connectivity index (χ0n) is 19.4. The van der Waals surface area contributed by atoms with E-state index in [4.69, 9.17) is 16.3 Å². The maximum Gasteiger partial charge on any atom is 0.573 e. The summed E-state index contributed by atoms with van der Waals surface area (Å²) in [7, 11) is -4.16. The zero-order valence-corrected chi connectivity index (χ0v) is 20.9. The van der Waals surface area contributed by atoms with Crippen molar-refractivity contribution in [2.75, 3.05) is 13.1 Å². The number of ether oxygens (including phenoxy) is 2. The predicted octanol–water partition coefficient (Wildman–Crippen LogP) is 5.44. The monoisotopic (exact) mass is 534 g/mol. The summed E-state index contributed by atoms with van der Waals surface area (Å²) in [5, 5.41) is 0.471. The van der Waals surface area contributed by atoms with E-state index in [9.17, 15) is 26.4 Å². The van der Waals surface area contributed by atoms with Crippen LogP contribution in [0.15, 0.2) is 53.4 Å². The first kappa shape index (κ1) is 27.1. The number of carbonyl (C=O) groups is 1. The molecule has 0 aromatic heterocycles. The van der Waals surface area contributed by atoms with Crippen molar-refractivity contribution in [3.63, 3.8) is 0 Å². The summed E-state index contributed by atoms with van der Waals surface area (Å²) in [4.78, 5) is 13.8. The van der Waals surface area contributed by atoms with Crippen LogP contribution in [0.3, 0.4) is 0 Å². The van der Waals surface area contributed by atoms with Gasteiger partial charge in [0, 0.05) is 18.1 Å². The number of halogens is 4. The maximum atomic E-state index is 13.2. The molecule has 1 heterocycles. The fourth-order valence-electron chi connectivity index (χ4n) is 3.75. The van der Waals surface area contributed by atoms with Gasteiger partial charge in [0.1, 0.15) is 11.4 Å². The van der Waals surface area contributed by atoms with Crippen LogP contribution in [0, 0.1) is 0 Å². The highest BCUT2D eigenvalue weighted by Gasteiger charge is 2.42. The van der Waals surface area contributed by atoms with Crippen molar-refractivity contribution in [1.29, 1.82) is 0 Å². The van der Waals surface area contributed by atoms with Gasteiger partial charge in [-0.15, -0.1) is 13.2 Å². The Balaban J connectivity index is 1.86. The van der Waals surface area contributed by atoms with Crippen LogP contribution >= 0.6 is 11.6 Å². The van der Waals surface area contributed by atoms with Crippen molar-refractivity contribution in [2.24, 2.45) is 0 Å². The molecule has 1 N–H and O–H groups in total. The highest BCUT2D eigenvalue weighted by Crippen LogP contribution is 2.36. The molecule has 3 rings (SSSR count). The Bertz CT molecular complexity index is 1140. The molecule has 2 aromatic rings. The Kier molecular flexibility index (Phi) is 7.64. The standard InChI is InChI=1S/C23H26ClF3N2O5S/c1-21(2,3)34-20(30)29-14-12-22(13-15-29,16-4-6-17(24)7-5-16)28-35(31,32)19-10-8-18(9-11-19)33-23(25,26)27/h4-11,28H,12-15H2,1-3H3. The topological polar surface area (TPSA) is 84.9 Å². The Morgan fingerprint density at radius 2 is 1.54 bits per heavy atom. The number of hydrogen-bond donors (Lipinski definition) is 1. The van der Waals surface area contributed by atoms with Crippen LogP contribution in [0.25, 0.3) is 0 Å². The molecular weight excluding hydrogens is 509 g/mol. The first-order chi connectivity index (χ1) is 16.1. The normalized spacial score (nSPS) is 16.6. The molecule has 7 nitrogen and oxygen atoms in total. The van der Waals surface area contributed by atoms with Crippen molar-refractivity contribution in [2.45, 2.75) is 56.0 Å². The van der Waals surface area contributed by atoms with Crippen LogP contribution in [-0.2, 0) is 20.3 Å². The molecule has 1 amide bonds. The van der Waals surface area contributed by atoms with Crippen molar-refractivity contribution < 1.29 is 35.9 Å². The van der Waals surface area contributed by atoms with Gasteiger partial charge < -0.3 is 14.4 Å². The third-order valence-electron chi connectivity index (χ3n) is 5.36. The van der Waals surface area contributed by atoms with Gasteiger partial charge >= 0.3 is 12.5 Å². The molecule has 1 aliphatic rings. The van der Waals surface area contributed by atoms with Crippen LogP contribution < -0.4 is 9.46 Å². The summed E-state index contributed by atoms with van der Waals surface area (Å²) in [6.45, 7) is 5.71. The van der Waals surface area contributed by atoms with Gasteiger partial charge in [0.2, 0.25) is 10.0 Å². The number of benzene rings is 2. The number of amides is 1. The zero-order chi connectivity index (χ0) is 26.1. The molecule has 0 spiro atoms. The van der Waals surface area contributed by atoms with Gasteiger partial charge in [0.15, 0.2) is 0 Å². The summed E-state index contributed by atoms with van der Waals surface area (Å²) in [5.74, 6) is -0.533. The lowest BCUT2D eigenvalue weighted by Crippen LogP contribution is -2.54. The Labute approximate surface area is 207 Å². The van der Waals surface area contributed by atoms with Crippen molar-refractivity contribution >= 4 is 27.7 Å². The number of likely N-dealkylation sites (tertiary alicyclic amines) is 1. The number of alkyl halides is 3. The first-order valence-electron chi connectivity index (χ1n) is 10.7. The minimum absolute atomic E-state index is 0.221. The SMILES string of the molecule is CC(C)(C)OC(=O)N1CCC(NS(=O)(=O)c2ccc(OC(F)(F)F)cc2)(c2ccc(Cl)cc2)CC1. The minimum Gasteiger partial charge on any atom is -0.444 e. The molecule has 192 valence electrons. The van der Waals surface area contributed by atoms with Crippen molar-refractivity contribution in [3.05, 3.63) is 59.1 Å². The maximum absolute atomic E-state index is 13.2. The second-order valence-electron chi connectivity index (χ2n) is 9.18. The summed E-state index contributed by atoms with van der Waals surface area (Å²) >= 11 is 6.01. The van der Waals surface area contributed by atoms with Gasteiger partial charge in [-0.1, -0.05) is 23.7 Å². The number of nitrogens with zero attached hydrogens (tertiary/aromatic N) is 1. The molecule has 0 unspecified atom stereocenters. The van der Waals surface area contributed by atoms with Crippen LogP contribution in [0.5, 0.6) is 5.75 Å². The van der Waals surface area contributed by atoms with Crippen molar-refractivity contribution in [3.8, 4) is 5.75 Å². The average molecular weight is 535 g/mol. The quantitative estimate of drug-likeness (QED) is 0.552. The van der Waals surface area contributed by atoms with E-state index in [-0.39, 0.29) is 30.8 Å². The third-order valence-corrected chi connectivity index (χ3v) is 7.17. The average Bonchev–Trinajstić information content (AvgIpc) is 2.72. The number of rotatable bonds is 5. The molecule has 1 aliphatic heterocycles. The highest BCUT2D eigenvalue weighted by molar-refractivity contribution is 7.89. The van der Waals surface area contributed by atoms with E-state index in [0.717, 1.165) is 24.3 Å². The van der Waals surface area contributed by atoms with E-state index in [1.54, 1.807) is 45.0 Å². The molecule has 0 aliphatic carbocycles. The summed E-state index contributed by atoms with van der Waals surface area (Å²) in [6, 6.07) is 10.6. The molecular formula is C23H26ClF3N2O5S. The number of carbonyl (C=O) groups excluding carboxylic acids is 1. The molecule has 0 atom stereocenters. The van der Waals surface area contributed by atoms with E-state index >= 15 is 0 Å². The molecule has 0 saturated carbocycles. The van der Waals surface area contributed by atoms with Gasteiger partial charge in [-0.25, -0.2) is 17.9 Å². The highest BCUT2D eigenvalue weighted by atomic mass is 35.5. The number of sulfonamides is 1. The van der Waals surface area contributed by atoms with Gasteiger partial charge in [-0.3, -0.25) is 0 Å². The van der Waals surface area contributed by atoms with Crippen LogP contribution in [0.2, 0.25) is 5.02 Å². The summed E-state index contributed by atoms with van der Waals surface area (Å²) in [6.07, 6.45) is -4.91. The lowest BCUT2D eigenvalue weighted by molar-refractivity contribution is -0.274. The lowest BCUT2D eigenvalue weighted by Gasteiger charge is -2.42. The molecule has 1 saturated heterocycles. The lowest BCUT2D eigenvalue weighted by atomic mass is 9.82. The molecule has 2 aromatic carbocycles. The third kappa shape index (κ3) is 7.25. The minimum atomic E-state index is -4.89. The van der Waals surface area contributed by atoms with Crippen LogP contribution in [0.4, 0.5) is 18.0 Å². The molecule has 1 fully saturated rings. The van der Waals surface area contributed by atoms with E-state index in [1.807, 2.05) is 0 Å². The van der Waals surface area contributed by atoms with E-state index < -0.39 is 39.4 Å². The Morgan fingerprint density at radius 1 is 1.00 bits per heavy atom. The smallest absolute Gasteiger partial charge is 0.444 e. The number of hydrogen-bond acceptors (Lipinski definition) is 5. The molecule has 0 bridgehead atoms. The van der Waals surface area contributed by atoms with Crippen LogP contribution in [0.1, 0.15) is 39.2 Å². The first-order valence-corrected chi connectivity index (χ1v) is 12.6. The van der Waals surface area contributed by atoms with Crippen LogP contribution in [-0.4, -0.2) is 44.5 Å². The predicted molar refractivity (Wildman–Crippen MR) is 124 cm³/mol. The van der Waals surface area contributed by atoms with Gasteiger partial charge in [-0.05, 0) is 75.6 Å². The fourth-order valence-corrected chi connectivity index (χ4v) is 5.33.